The van der Waals surface area contributed by atoms with Crippen molar-refractivity contribution in [3.63, 3.8) is 0 Å². The van der Waals surface area contributed by atoms with Crippen molar-refractivity contribution >= 4 is 5.91 Å². The molecule has 0 radical (unpaired) electrons. The maximum Gasteiger partial charge on any atom is 0.220 e. The van der Waals surface area contributed by atoms with Gasteiger partial charge >= 0.3 is 0 Å². The van der Waals surface area contributed by atoms with Crippen molar-refractivity contribution in [2.45, 2.75) is 19.3 Å². The third-order valence-corrected chi connectivity index (χ3v) is 4.16. The Morgan fingerprint density at radius 2 is 1.48 bits per heavy atom. The minimum absolute atomic E-state index is 0.0578. The highest BCUT2D eigenvalue weighted by Crippen LogP contribution is 2.37. The van der Waals surface area contributed by atoms with Crippen LogP contribution in [0.1, 0.15) is 17.5 Å². The van der Waals surface area contributed by atoms with E-state index in [0.29, 0.717) is 43.1 Å². The second-order valence-electron chi connectivity index (χ2n) is 5.96. The first-order chi connectivity index (χ1) is 13.0. The van der Waals surface area contributed by atoms with Crippen LogP contribution in [0.15, 0.2) is 30.3 Å². The van der Waals surface area contributed by atoms with Crippen molar-refractivity contribution in [2.75, 3.05) is 27.9 Å². The summed E-state index contributed by atoms with van der Waals surface area (Å²) in [6.07, 6.45) is 1.42. The van der Waals surface area contributed by atoms with Gasteiger partial charge in [-0.3, -0.25) is 4.79 Å². The number of methoxy groups -OCH3 is 3. The summed E-state index contributed by atoms with van der Waals surface area (Å²) in [6, 6.07) is 8.48. The van der Waals surface area contributed by atoms with E-state index < -0.39 is 0 Å². The second-order valence-corrected chi connectivity index (χ2v) is 5.96. The zero-order chi connectivity index (χ0) is 19.8. The van der Waals surface area contributed by atoms with Gasteiger partial charge in [-0.25, -0.2) is 0 Å². The van der Waals surface area contributed by atoms with E-state index in [-0.39, 0.29) is 17.4 Å². The molecule has 0 unspecified atom stereocenters. The monoisotopic (exact) mass is 375 g/mol. The van der Waals surface area contributed by atoms with Crippen LogP contribution in [0.2, 0.25) is 0 Å². The van der Waals surface area contributed by atoms with Crippen molar-refractivity contribution in [1.82, 2.24) is 5.32 Å². The van der Waals surface area contributed by atoms with E-state index in [9.17, 15) is 15.0 Å². The highest BCUT2D eigenvalue weighted by molar-refractivity contribution is 5.76. The number of hydrogen-bond donors (Lipinski definition) is 3. The molecule has 0 bridgehead atoms. The molecule has 0 saturated carbocycles. The maximum absolute atomic E-state index is 12.1. The number of aromatic hydroxyl groups is 2. The van der Waals surface area contributed by atoms with Crippen LogP contribution in [0.5, 0.6) is 28.7 Å². The summed E-state index contributed by atoms with van der Waals surface area (Å²) in [5.41, 5.74) is 1.79. The van der Waals surface area contributed by atoms with Crippen molar-refractivity contribution in [3.8, 4) is 28.7 Å². The number of ether oxygens (including phenoxy) is 3. The van der Waals surface area contributed by atoms with Crippen LogP contribution >= 0.6 is 0 Å². The Bertz CT molecular complexity index is 765. The molecular weight excluding hydrogens is 350 g/mol. The van der Waals surface area contributed by atoms with Gasteiger partial charge in [0, 0.05) is 13.0 Å². The normalized spacial score (nSPS) is 10.3. The summed E-state index contributed by atoms with van der Waals surface area (Å²) in [7, 11) is 4.42. The van der Waals surface area contributed by atoms with Crippen molar-refractivity contribution < 1.29 is 29.2 Å². The van der Waals surface area contributed by atoms with E-state index in [1.807, 2.05) is 0 Å². The standard InChI is InChI=1S/C20H25NO6/c1-25-16-10-13(4-6-15(16)22)8-9-21-19(23)7-5-14-11-17(26-2)20(24)18(12-14)27-3/h4,6,10-12,22,24H,5,7-9H2,1-3H3,(H,21,23). The summed E-state index contributed by atoms with van der Waals surface area (Å²) in [4.78, 5) is 12.1. The fraction of sp³-hybridized carbons (Fsp3) is 0.350. The molecule has 2 rings (SSSR count). The number of nitrogens with one attached hydrogen (secondary N) is 1. The first kappa shape index (κ1) is 20.2. The van der Waals surface area contributed by atoms with Gasteiger partial charge in [-0.1, -0.05) is 6.07 Å². The maximum atomic E-state index is 12.1. The molecule has 0 saturated heterocycles. The van der Waals surface area contributed by atoms with Gasteiger partial charge < -0.3 is 29.7 Å². The van der Waals surface area contributed by atoms with Gasteiger partial charge in [-0.05, 0) is 48.2 Å². The number of rotatable bonds is 9. The summed E-state index contributed by atoms with van der Waals surface area (Å²) in [5.74, 6) is 0.987. The van der Waals surface area contributed by atoms with Crippen LogP contribution in [0, 0.1) is 0 Å². The number of aryl methyl sites for hydroxylation is 1. The van der Waals surface area contributed by atoms with E-state index in [2.05, 4.69) is 5.32 Å². The van der Waals surface area contributed by atoms with Gasteiger partial charge in [-0.2, -0.15) is 0 Å². The van der Waals surface area contributed by atoms with Crippen LogP contribution in [-0.2, 0) is 17.6 Å². The highest BCUT2D eigenvalue weighted by Gasteiger charge is 2.12. The van der Waals surface area contributed by atoms with E-state index in [1.165, 1.54) is 21.3 Å². The van der Waals surface area contributed by atoms with Crippen molar-refractivity contribution in [2.24, 2.45) is 0 Å². The molecule has 2 aromatic carbocycles. The van der Waals surface area contributed by atoms with Gasteiger partial charge in [0.15, 0.2) is 23.0 Å². The molecule has 0 atom stereocenters. The highest BCUT2D eigenvalue weighted by atomic mass is 16.5. The minimum Gasteiger partial charge on any atom is -0.504 e. The molecule has 2 aromatic rings. The number of hydrogen-bond acceptors (Lipinski definition) is 6. The molecule has 0 heterocycles. The molecule has 0 aliphatic rings. The zero-order valence-electron chi connectivity index (χ0n) is 15.7. The molecule has 0 aliphatic carbocycles. The van der Waals surface area contributed by atoms with Crippen LogP contribution in [0.4, 0.5) is 0 Å². The molecule has 0 fully saturated rings. The van der Waals surface area contributed by atoms with Crippen molar-refractivity contribution in [1.29, 1.82) is 0 Å². The van der Waals surface area contributed by atoms with Gasteiger partial charge in [0.25, 0.3) is 0 Å². The molecule has 146 valence electrons. The largest absolute Gasteiger partial charge is 0.504 e. The summed E-state index contributed by atoms with van der Waals surface area (Å²) < 4.78 is 15.3. The molecule has 1 amide bonds. The number of carbonyl (C=O) groups is 1. The first-order valence-corrected chi connectivity index (χ1v) is 8.55. The van der Waals surface area contributed by atoms with Crippen LogP contribution in [0.25, 0.3) is 0 Å². The molecule has 7 heteroatoms. The second kappa shape index (κ2) is 9.56. The van der Waals surface area contributed by atoms with Crippen LogP contribution < -0.4 is 19.5 Å². The lowest BCUT2D eigenvalue weighted by atomic mass is 10.1. The number of phenols is 2. The lowest BCUT2D eigenvalue weighted by Gasteiger charge is -2.11. The number of phenolic OH excluding ortho intramolecular Hbond substituents is 2. The van der Waals surface area contributed by atoms with E-state index in [4.69, 9.17) is 14.2 Å². The average Bonchev–Trinajstić information content (AvgIpc) is 2.68. The minimum atomic E-state index is -0.0771. The Morgan fingerprint density at radius 3 is 2.07 bits per heavy atom. The van der Waals surface area contributed by atoms with Crippen LogP contribution in [-0.4, -0.2) is 44.0 Å². The number of carbonyl (C=O) groups excluding carboxylic acids is 1. The Kier molecular flexibility index (Phi) is 7.16. The summed E-state index contributed by atoms with van der Waals surface area (Å²) >= 11 is 0. The fourth-order valence-electron chi connectivity index (χ4n) is 2.66. The molecule has 7 nitrogen and oxygen atoms in total. The Labute approximate surface area is 158 Å². The van der Waals surface area contributed by atoms with Gasteiger partial charge in [0.1, 0.15) is 0 Å². The van der Waals surface area contributed by atoms with Gasteiger partial charge in [0.2, 0.25) is 11.7 Å². The topological polar surface area (TPSA) is 97.3 Å². The smallest absolute Gasteiger partial charge is 0.220 e. The molecule has 0 aliphatic heterocycles. The predicted octanol–water partition coefficient (Wildman–Crippen LogP) is 2.42. The molecule has 27 heavy (non-hydrogen) atoms. The molecule has 3 N–H and O–H groups in total. The number of amides is 1. The Morgan fingerprint density at radius 1 is 0.889 bits per heavy atom. The molecular formula is C20H25NO6. The Balaban J connectivity index is 1.84. The molecule has 0 spiro atoms. The third-order valence-electron chi connectivity index (χ3n) is 4.16. The SMILES string of the molecule is COc1cc(CCNC(=O)CCc2cc(OC)c(O)c(OC)c2)ccc1O. The zero-order valence-corrected chi connectivity index (χ0v) is 15.7. The average molecular weight is 375 g/mol. The summed E-state index contributed by atoms with van der Waals surface area (Å²) in [5, 5.41) is 22.4. The van der Waals surface area contributed by atoms with E-state index in [1.54, 1.807) is 30.3 Å². The first-order valence-electron chi connectivity index (χ1n) is 8.55. The van der Waals surface area contributed by atoms with Gasteiger partial charge in [0.05, 0.1) is 21.3 Å². The third kappa shape index (κ3) is 5.44. The lowest BCUT2D eigenvalue weighted by molar-refractivity contribution is -0.121. The van der Waals surface area contributed by atoms with Gasteiger partial charge in [-0.15, -0.1) is 0 Å². The van der Waals surface area contributed by atoms with E-state index >= 15 is 0 Å². The predicted molar refractivity (Wildman–Crippen MR) is 101 cm³/mol. The summed E-state index contributed by atoms with van der Waals surface area (Å²) in [6.45, 7) is 0.481. The van der Waals surface area contributed by atoms with Crippen LogP contribution in [0.3, 0.4) is 0 Å². The van der Waals surface area contributed by atoms with E-state index in [0.717, 1.165) is 11.1 Å². The fourth-order valence-corrected chi connectivity index (χ4v) is 2.66. The Hall–Kier alpha value is -3.09. The lowest BCUT2D eigenvalue weighted by Crippen LogP contribution is -2.25. The quantitative estimate of drug-likeness (QED) is 0.623. The number of benzene rings is 2. The molecule has 0 aromatic heterocycles. The van der Waals surface area contributed by atoms with Crippen molar-refractivity contribution in [3.05, 3.63) is 41.5 Å².